The second kappa shape index (κ2) is 13.1. The molecule has 32 heavy (non-hydrogen) atoms. The van der Waals surface area contributed by atoms with E-state index in [1.807, 2.05) is 37.3 Å². The molecule has 0 spiro atoms. The molecule has 5 nitrogen and oxygen atoms in total. The van der Waals surface area contributed by atoms with E-state index < -0.39 is 0 Å². The predicted molar refractivity (Wildman–Crippen MR) is 142 cm³/mol. The molecule has 0 aliphatic heterocycles. The Labute approximate surface area is 192 Å². The van der Waals surface area contributed by atoms with Crippen molar-refractivity contribution >= 4 is 35.7 Å². The average molecular weight is 430 g/mol. The lowest BCUT2D eigenvalue weighted by molar-refractivity contribution is 0.792. The van der Waals surface area contributed by atoms with Crippen molar-refractivity contribution in [2.24, 2.45) is 9.98 Å². The molecular weight excluding hydrogens is 394 g/mol. The number of allylic oxidation sites excluding steroid dienone is 2. The van der Waals surface area contributed by atoms with E-state index in [9.17, 15) is 0 Å². The van der Waals surface area contributed by atoms with Crippen LogP contribution in [-0.4, -0.2) is 38.4 Å². The molecule has 168 valence electrons. The summed E-state index contributed by atoms with van der Waals surface area (Å²) in [6.45, 7) is 16.4. The fourth-order valence-electron chi connectivity index (χ4n) is 3.33. The van der Waals surface area contributed by atoms with E-state index in [1.165, 1.54) is 5.69 Å². The van der Waals surface area contributed by atoms with Gasteiger partial charge in [-0.05, 0) is 62.9 Å². The SMILES string of the molecule is C=N/C(=C\C=N/CNc1ccc(N(CC)CCC)cc1)c1ccc(C(=N)CC(=C)C)cc1. The van der Waals surface area contributed by atoms with Gasteiger partial charge in [0, 0.05) is 48.4 Å². The summed E-state index contributed by atoms with van der Waals surface area (Å²) in [6, 6.07) is 16.2. The Morgan fingerprint density at radius 1 is 1.06 bits per heavy atom. The van der Waals surface area contributed by atoms with Crippen LogP contribution in [0.3, 0.4) is 0 Å². The zero-order valence-corrected chi connectivity index (χ0v) is 19.6. The fraction of sp³-hybridized carbons (Fsp3) is 0.296. The third-order valence-electron chi connectivity index (χ3n) is 5.00. The molecule has 0 aromatic heterocycles. The molecule has 0 radical (unpaired) electrons. The molecule has 2 aromatic rings. The van der Waals surface area contributed by atoms with Crippen molar-refractivity contribution in [1.29, 1.82) is 5.41 Å². The molecule has 2 aromatic carbocycles. The van der Waals surface area contributed by atoms with Crippen molar-refractivity contribution in [3.63, 3.8) is 0 Å². The molecule has 5 heteroatoms. The number of nitrogens with one attached hydrogen (secondary N) is 2. The molecule has 2 N–H and O–H groups in total. The van der Waals surface area contributed by atoms with Crippen LogP contribution in [0.25, 0.3) is 5.70 Å². The van der Waals surface area contributed by atoms with Gasteiger partial charge in [-0.3, -0.25) is 9.98 Å². The topological polar surface area (TPSA) is 63.8 Å². The highest BCUT2D eigenvalue weighted by Crippen LogP contribution is 2.19. The molecule has 0 aliphatic carbocycles. The first-order valence-corrected chi connectivity index (χ1v) is 11.1. The van der Waals surface area contributed by atoms with Crippen LogP contribution in [0.15, 0.2) is 76.7 Å². The Balaban J connectivity index is 1.92. The minimum Gasteiger partial charge on any atom is -0.372 e. The fourth-order valence-corrected chi connectivity index (χ4v) is 3.33. The first kappa shape index (κ1) is 24.8. The van der Waals surface area contributed by atoms with Gasteiger partial charge in [0.1, 0.15) is 6.67 Å². The van der Waals surface area contributed by atoms with E-state index in [0.29, 0.717) is 18.8 Å². The van der Waals surface area contributed by atoms with Crippen LogP contribution in [0.4, 0.5) is 11.4 Å². The van der Waals surface area contributed by atoms with E-state index >= 15 is 0 Å². The highest BCUT2D eigenvalue weighted by atomic mass is 15.1. The predicted octanol–water partition coefficient (Wildman–Crippen LogP) is 6.44. The van der Waals surface area contributed by atoms with Crippen molar-refractivity contribution in [2.75, 3.05) is 30.0 Å². The summed E-state index contributed by atoms with van der Waals surface area (Å²) in [7, 11) is 0. The highest BCUT2D eigenvalue weighted by molar-refractivity contribution is 5.99. The van der Waals surface area contributed by atoms with Crippen LogP contribution >= 0.6 is 0 Å². The normalized spacial score (nSPS) is 11.4. The molecule has 0 unspecified atom stereocenters. The minimum absolute atomic E-state index is 0.476. The minimum atomic E-state index is 0.476. The lowest BCUT2D eigenvalue weighted by atomic mass is 10.0. The first-order valence-electron chi connectivity index (χ1n) is 11.1. The monoisotopic (exact) mass is 429 g/mol. The van der Waals surface area contributed by atoms with E-state index in [-0.39, 0.29) is 0 Å². The number of hydrogen-bond donors (Lipinski definition) is 2. The quantitative estimate of drug-likeness (QED) is 0.284. The Morgan fingerprint density at radius 2 is 1.72 bits per heavy atom. The summed E-state index contributed by atoms with van der Waals surface area (Å²) < 4.78 is 0. The Morgan fingerprint density at radius 3 is 2.28 bits per heavy atom. The van der Waals surface area contributed by atoms with Gasteiger partial charge in [0.05, 0.1) is 5.70 Å². The Bertz CT molecular complexity index is 953. The van der Waals surface area contributed by atoms with Crippen LogP contribution in [-0.2, 0) is 0 Å². The van der Waals surface area contributed by atoms with Crippen molar-refractivity contribution < 1.29 is 0 Å². The van der Waals surface area contributed by atoms with Gasteiger partial charge in [0.25, 0.3) is 0 Å². The number of benzene rings is 2. The zero-order chi connectivity index (χ0) is 23.3. The van der Waals surface area contributed by atoms with E-state index in [2.05, 4.69) is 71.6 Å². The van der Waals surface area contributed by atoms with Crippen molar-refractivity contribution in [2.45, 2.75) is 33.6 Å². The second-order valence-corrected chi connectivity index (χ2v) is 7.69. The van der Waals surface area contributed by atoms with Gasteiger partial charge < -0.3 is 15.6 Å². The van der Waals surface area contributed by atoms with Crippen LogP contribution in [0, 0.1) is 5.41 Å². The number of anilines is 2. The van der Waals surface area contributed by atoms with Crippen molar-refractivity contribution in [3.8, 4) is 0 Å². The largest absolute Gasteiger partial charge is 0.372 e. The van der Waals surface area contributed by atoms with Crippen molar-refractivity contribution in [1.82, 2.24) is 0 Å². The van der Waals surface area contributed by atoms with Crippen LogP contribution in [0.5, 0.6) is 0 Å². The van der Waals surface area contributed by atoms with Gasteiger partial charge in [0.2, 0.25) is 0 Å². The average Bonchev–Trinajstić information content (AvgIpc) is 2.80. The van der Waals surface area contributed by atoms with Gasteiger partial charge in [-0.2, -0.15) is 0 Å². The maximum absolute atomic E-state index is 8.13. The van der Waals surface area contributed by atoms with E-state index in [0.717, 1.165) is 47.6 Å². The lowest BCUT2D eigenvalue weighted by Crippen LogP contribution is -2.23. The summed E-state index contributed by atoms with van der Waals surface area (Å²) in [4.78, 5) is 10.9. The number of rotatable bonds is 13. The first-order chi connectivity index (χ1) is 15.5. The van der Waals surface area contributed by atoms with Gasteiger partial charge in [-0.1, -0.05) is 43.3 Å². The number of hydrogen-bond acceptors (Lipinski definition) is 5. The lowest BCUT2D eigenvalue weighted by Gasteiger charge is -2.22. The summed E-state index contributed by atoms with van der Waals surface area (Å²) in [6.07, 6.45) is 5.30. The third kappa shape index (κ3) is 7.65. The maximum atomic E-state index is 8.13. The van der Waals surface area contributed by atoms with Crippen LogP contribution in [0.1, 0.15) is 44.7 Å². The molecule has 0 saturated carbocycles. The summed E-state index contributed by atoms with van der Waals surface area (Å²) in [5, 5.41) is 11.4. The van der Waals surface area contributed by atoms with Gasteiger partial charge >= 0.3 is 0 Å². The zero-order valence-electron chi connectivity index (χ0n) is 19.6. The molecule has 0 bridgehead atoms. The van der Waals surface area contributed by atoms with Gasteiger partial charge in [-0.25, -0.2) is 0 Å². The molecule has 0 saturated heterocycles. The van der Waals surface area contributed by atoms with E-state index in [4.69, 9.17) is 5.41 Å². The smallest absolute Gasteiger partial charge is 0.107 e. The molecule has 0 aliphatic rings. The van der Waals surface area contributed by atoms with Crippen LogP contribution in [0.2, 0.25) is 0 Å². The summed E-state index contributed by atoms with van der Waals surface area (Å²) in [5.41, 5.74) is 6.40. The Kier molecular flexibility index (Phi) is 10.1. The second-order valence-electron chi connectivity index (χ2n) is 7.69. The van der Waals surface area contributed by atoms with Gasteiger partial charge in [0.15, 0.2) is 0 Å². The molecule has 0 amide bonds. The number of aliphatic imine (C=N–C) groups is 2. The molecule has 0 atom stereocenters. The summed E-state index contributed by atoms with van der Waals surface area (Å²) in [5.74, 6) is 0. The molecule has 0 fully saturated rings. The maximum Gasteiger partial charge on any atom is 0.107 e. The van der Waals surface area contributed by atoms with E-state index in [1.54, 1.807) is 6.21 Å². The molecular formula is C27H35N5. The Hall–Kier alpha value is -3.47. The highest BCUT2D eigenvalue weighted by Gasteiger charge is 2.04. The summed E-state index contributed by atoms with van der Waals surface area (Å²) >= 11 is 0. The number of nitrogens with zero attached hydrogens (tertiary/aromatic N) is 3. The standard InChI is InChI=1S/C27H35N5/c1-6-18-32(7-2)25-14-12-24(13-15-25)31-20-30-17-16-27(29-5)23-10-8-22(9-11-23)26(28)19-21(3)4/h8-17,28,31H,3,5-7,18-20H2,1-2,4H3/b27-16-,28-26?,30-17-. The third-order valence-corrected chi connectivity index (χ3v) is 5.00. The molecule has 2 rings (SSSR count). The molecule has 0 heterocycles. The van der Waals surface area contributed by atoms with Gasteiger partial charge in [-0.15, -0.1) is 0 Å². The van der Waals surface area contributed by atoms with Crippen molar-refractivity contribution in [3.05, 3.63) is 77.9 Å². The van der Waals surface area contributed by atoms with Crippen LogP contribution < -0.4 is 10.2 Å².